The van der Waals surface area contributed by atoms with Gasteiger partial charge in [0.2, 0.25) is 0 Å². The highest BCUT2D eigenvalue weighted by atomic mass is 19.1. The van der Waals surface area contributed by atoms with Crippen LogP contribution in [0.15, 0.2) is 53.4 Å². The number of nitrogens with two attached hydrogens (primary N) is 1. The van der Waals surface area contributed by atoms with Crippen LogP contribution in [0.1, 0.15) is 0 Å². The van der Waals surface area contributed by atoms with Gasteiger partial charge in [0, 0.05) is 30.7 Å². The molecule has 2 N–H and O–H groups in total. The highest BCUT2D eigenvalue weighted by Crippen LogP contribution is 2.19. The lowest BCUT2D eigenvalue weighted by Crippen LogP contribution is -2.08. The fourth-order valence-electron chi connectivity index (χ4n) is 1.68. The minimum Gasteiger partial charge on any atom is -0.400 e. The third-order valence-electron chi connectivity index (χ3n) is 2.57. The molecule has 0 aliphatic heterocycles. The molecule has 2 aromatic rings. The summed E-state index contributed by atoms with van der Waals surface area (Å²) in [7, 11) is 1.68. The maximum atomic E-state index is 13.1. The first kappa shape index (κ1) is 13.0. The van der Waals surface area contributed by atoms with Crippen molar-refractivity contribution in [2.75, 3.05) is 7.05 Å². The molecule has 0 bridgehead atoms. The Labute approximate surface area is 111 Å². The van der Waals surface area contributed by atoms with Crippen LogP contribution in [0.2, 0.25) is 0 Å². The minimum atomic E-state index is -0.260. The van der Waals surface area contributed by atoms with Crippen molar-refractivity contribution in [3.63, 3.8) is 0 Å². The maximum absolute atomic E-state index is 13.1. The molecule has 0 radical (unpaired) electrons. The zero-order valence-electron chi connectivity index (χ0n) is 10.6. The van der Waals surface area contributed by atoms with Crippen LogP contribution in [-0.4, -0.2) is 23.0 Å². The number of halogens is 1. The second-order valence-electron chi connectivity index (χ2n) is 4.09. The van der Waals surface area contributed by atoms with Crippen molar-refractivity contribution in [2.45, 2.75) is 6.54 Å². The minimum absolute atomic E-state index is 0.260. The lowest BCUT2D eigenvalue weighted by atomic mass is 10.1. The van der Waals surface area contributed by atoms with Crippen molar-refractivity contribution in [3.05, 3.63) is 54.2 Å². The summed E-state index contributed by atoms with van der Waals surface area (Å²) < 4.78 is 14.8. The SMILES string of the molecule is CN=CC=C(N)Cn1cc(-c2cccc(F)c2)cn1. The first-order valence-electron chi connectivity index (χ1n) is 5.84. The molecule has 2 rings (SSSR count). The number of benzene rings is 1. The Kier molecular flexibility index (Phi) is 4.07. The third-order valence-corrected chi connectivity index (χ3v) is 2.57. The molecule has 98 valence electrons. The Bertz CT molecular complexity index is 613. The van der Waals surface area contributed by atoms with E-state index in [4.69, 9.17) is 5.73 Å². The molecular formula is C14H15FN4. The summed E-state index contributed by atoms with van der Waals surface area (Å²) in [6.45, 7) is 0.474. The molecule has 1 heterocycles. The predicted molar refractivity (Wildman–Crippen MR) is 74.3 cm³/mol. The van der Waals surface area contributed by atoms with E-state index < -0.39 is 0 Å². The van der Waals surface area contributed by atoms with E-state index in [-0.39, 0.29) is 5.82 Å². The standard InChI is InChI=1S/C14H15FN4/c1-17-6-5-14(16)10-19-9-12(8-18-19)11-3-2-4-13(15)7-11/h2-9H,10,16H2,1H3. The Morgan fingerprint density at radius 3 is 3.05 bits per heavy atom. The largest absolute Gasteiger partial charge is 0.400 e. The van der Waals surface area contributed by atoms with Crippen LogP contribution < -0.4 is 5.73 Å². The Balaban J connectivity index is 2.15. The summed E-state index contributed by atoms with van der Waals surface area (Å²) >= 11 is 0. The molecule has 19 heavy (non-hydrogen) atoms. The monoisotopic (exact) mass is 258 g/mol. The predicted octanol–water partition coefficient (Wildman–Crippen LogP) is 2.23. The molecule has 1 aromatic carbocycles. The summed E-state index contributed by atoms with van der Waals surface area (Å²) in [5.74, 6) is -0.260. The average Bonchev–Trinajstić information content (AvgIpc) is 2.85. The van der Waals surface area contributed by atoms with Gasteiger partial charge in [-0.1, -0.05) is 12.1 Å². The van der Waals surface area contributed by atoms with Gasteiger partial charge in [-0.2, -0.15) is 5.10 Å². The summed E-state index contributed by atoms with van der Waals surface area (Å²) in [6, 6.07) is 6.41. The molecule has 0 aliphatic carbocycles. The third kappa shape index (κ3) is 3.51. The first-order chi connectivity index (χ1) is 9.19. The van der Waals surface area contributed by atoms with Crippen LogP contribution in [-0.2, 0) is 6.54 Å². The van der Waals surface area contributed by atoms with Gasteiger partial charge in [0.15, 0.2) is 0 Å². The van der Waals surface area contributed by atoms with E-state index >= 15 is 0 Å². The Morgan fingerprint density at radius 2 is 2.32 bits per heavy atom. The fourth-order valence-corrected chi connectivity index (χ4v) is 1.68. The van der Waals surface area contributed by atoms with Crippen LogP contribution in [0, 0.1) is 5.82 Å². The van der Waals surface area contributed by atoms with Gasteiger partial charge in [-0.05, 0) is 23.8 Å². The first-order valence-corrected chi connectivity index (χ1v) is 5.84. The van der Waals surface area contributed by atoms with Crippen LogP contribution in [0.3, 0.4) is 0 Å². The van der Waals surface area contributed by atoms with Gasteiger partial charge < -0.3 is 5.73 Å². The Hall–Kier alpha value is -2.43. The van der Waals surface area contributed by atoms with E-state index in [1.165, 1.54) is 12.1 Å². The lowest BCUT2D eigenvalue weighted by Gasteiger charge is -2.00. The highest BCUT2D eigenvalue weighted by Gasteiger charge is 2.03. The molecule has 0 unspecified atom stereocenters. The van der Waals surface area contributed by atoms with Gasteiger partial charge in [0.25, 0.3) is 0 Å². The lowest BCUT2D eigenvalue weighted by molar-refractivity contribution is 0.628. The van der Waals surface area contributed by atoms with Crippen LogP contribution in [0.4, 0.5) is 4.39 Å². The van der Waals surface area contributed by atoms with Crippen molar-refractivity contribution in [1.82, 2.24) is 9.78 Å². The molecular weight excluding hydrogens is 243 g/mol. The van der Waals surface area contributed by atoms with Gasteiger partial charge >= 0.3 is 0 Å². The van der Waals surface area contributed by atoms with E-state index in [0.29, 0.717) is 12.2 Å². The van der Waals surface area contributed by atoms with Gasteiger partial charge in [-0.15, -0.1) is 0 Å². The molecule has 0 amide bonds. The second-order valence-corrected chi connectivity index (χ2v) is 4.09. The Morgan fingerprint density at radius 1 is 1.47 bits per heavy atom. The number of allylic oxidation sites excluding steroid dienone is 2. The number of rotatable bonds is 4. The summed E-state index contributed by atoms with van der Waals surface area (Å²) in [5, 5.41) is 4.20. The molecule has 0 spiro atoms. The number of hydrogen-bond donors (Lipinski definition) is 1. The molecule has 0 aliphatic rings. The van der Waals surface area contributed by atoms with Gasteiger partial charge in [-0.3, -0.25) is 9.67 Å². The van der Waals surface area contributed by atoms with Crippen LogP contribution in [0.5, 0.6) is 0 Å². The van der Waals surface area contributed by atoms with E-state index in [2.05, 4.69) is 10.1 Å². The van der Waals surface area contributed by atoms with Gasteiger partial charge in [0.05, 0.1) is 12.7 Å². The van der Waals surface area contributed by atoms with Crippen molar-refractivity contribution in [1.29, 1.82) is 0 Å². The number of aliphatic imine (C=N–C) groups is 1. The fraction of sp³-hybridized carbons (Fsp3) is 0.143. The van der Waals surface area contributed by atoms with Crippen LogP contribution in [0.25, 0.3) is 11.1 Å². The highest BCUT2D eigenvalue weighted by molar-refractivity contribution is 5.71. The second kappa shape index (κ2) is 5.95. The summed E-state index contributed by atoms with van der Waals surface area (Å²) in [4.78, 5) is 3.83. The van der Waals surface area contributed by atoms with E-state index in [9.17, 15) is 4.39 Å². The van der Waals surface area contributed by atoms with Crippen molar-refractivity contribution in [2.24, 2.45) is 10.7 Å². The molecule has 1 aromatic heterocycles. The molecule has 0 saturated carbocycles. The quantitative estimate of drug-likeness (QED) is 0.855. The van der Waals surface area contributed by atoms with E-state index in [0.717, 1.165) is 11.1 Å². The van der Waals surface area contributed by atoms with E-state index in [1.54, 1.807) is 36.3 Å². The topological polar surface area (TPSA) is 56.2 Å². The van der Waals surface area contributed by atoms with Crippen molar-refractivity contribution in [3.8, 4) is 11.1 Å². The normalized spacial score (nSPS) is 12.2. The number of aromatic nitrogens is 2. The van der Waals surface area contributed by atoms with Crippen molar-refractivity contribution >= 4 is 6.21 Å². The molecule has 4 nitrogen and oxygen atoms in total. The zero-order valence-corrected chi connectivity index (χ0v) is 10.6. The molecule has 5 heteroatoms. The molecule has 0 saturated heterocycles. The van der Waals surface area contributed by atoms with Gasteiger partial charge in [0.1, 0.15) is 5.82 Å². The zero-order chi connectivity index (χ0) is 13.7. The average molecular weight is 258 g/mol. The number of nitrogens with zero attached hydrogens (tertiary/aromatic N) is 3. The summed E-state index contributed by atoms with van der Waals surface area (Å²) in [6.07, 6.45) is 6.88. The summed E-state index contributed by atoms with van der Waals surface area (Å²) in [5.41, 5.74) is 8.12. The molecule has 0 atom stereocenters. The van der Waals surface area contributed by atoms with Crippen LogP contribution >= 0.6 is 0 Å². The van der Waals surface area contributed by atoms with E-state index in [1.807, 2.05) is 12.3 Å². The van der Waals surface area contributed by atoms with Gasteiger partial charge in [-0.25, -0.2) is 4.39 Å². The molecule has 0 fully saturated rings. The van der Waals surface area contributed by atoms with Crippen molar-refractivity contribution < 1.29 is 4.39 Å². The number of hydrogen-bond acceptors (Lipinski definition) is 3. The smallest absolute Gasteiger partial charge is 0.123 e. The maximum Gasteiger partial charge on any atom is 0.123 e.